The van der Waals surface area contributed by atoms with Crippen LogP contribution in [0.1, 0.15) is 10.5 Å². The molecule has 30 heavy (non-hydrogen) atoms. The zero-order valence-electron chi connectivity index (χ0n) is 16.4. The highest BCUT2D eigenvalue weighted by atomic mass is 16.5. The fourth-order valence-corrected chi connectivity index (χ4v) is 3.37. The number of carbonyl (C=O) groups is 2. The van der Waals surface area contributed by atoms with Gasteiger partial charge >= 0.3 is 6.09 Å². The molecule has 9 nitrogen and oxygen atoms in total. The molecule has 2 amide bonds. The molecule has 2 aromatic heterocycles. The zero-order chi connectivity index (χ0) is 21.1. The minimum atomic E-state index is -0.968. The molecule has 0 unspecified atom stereocenters. The Morgan fingerprint density at radius 3 is 2.30 bits per heavy atom. The molecule has 9 heteroatoms. The van der Waals surface area contributed by atoms with Crippen LogP contribution in [0.4, 0.5) is 4.79 Å². The lowest BCUT2D eigenvalue weighted by molar-refractivity contribution is 0.0620. The van der Waals surface area contributed by atoms with Crippen molar-refractivity contribution in [2.24, 2.45) is 0 Å². The minimum absolute atomic E-state index is 0.225. The van der Waals surface area contributed by atoms with E-state index in [2.05, 4.69) is 9.97 Å². The first-order valence-corrected chi connectivity index (χ1v) is 9.49. The van der Waals surface area contributed by atoms with Crippen LogP contribution in [0.2, 0.25) is 0 Å². The number of methoxy groups -OCH3 is 1. The van der Waals surface area contributed by atoms with Crippen LogP contribution in [-0.4, -0.2) is 74.7 Å². The number of ether oxygens (including phenoxy) is 1. The highest BCUT2D eigenvalue weighted by Crippen LogP contribution is 2.24. The molecule has 4 rings (SSSR count). The van der Waals surface area contributed by atoms with E-state index in [4.69, 9.17) is 9.84 Å². The van der Waals surface area contributed by atoms with Crippen LogP contribution in [0.25, 0.3) is 17.1 Å². The van der Waals surface area contributed by atoms with Gasteiger partial charge in [-0.1, -0.05) is 18.2 Å². The molecule has 1 N–H and O–H groups in total. The molecule has 0 radical (unpaired) electrons. The van der Waals surface area contributed by atoms with Gasteiger partial charge in [0.25, 0.3) is 5.91 Å². The number of rotatable bonds is 4. The van der Waals surface area contributed by atoms with Gasteiger partial charge in [-0.25, -0.2) is 14.8 Å². The lowest BCUT2D eigenvalue weighted by Crippen LogP contribution is -2.50. The van der Waals surface area contributed by atoms with E-state index in [1.165, 1.54) is 4.90 Å². The van der Waals surface area contributed by atoms with Gasteiger partial charge in [-0.2, -0.15) is 0 Å². The zero-order valence-corrected chi connectivity index (χ0v) is 16.4. The van der Waals surface area contributed by atoms with Crippen LogP contribution in [0.15, 0.2) is 54.9 Å². The van der Waals surface area contributed by atoms with Gasteiger partial charge in [0.15, 0.2) is 0 Å². The van der Waals surface area contributed by atoms with E-state index < -0.39 is 6.09 Å². The van der Waals surface area contributed by atoms with Gasteiger partial charge in [-0.05, 0) is 18.2 Å². The summed E-state index contributed by atoms with van der Waals surface area (Å²) in [7, 11) is 1.55. The van der Waals surface area contributed by atoms with Crippen molar-refractivity contribution in [1.82, 2.24) is 24.3 Å². The van der Waals surface area contributed by atoms with Crippen LogP contribution in [0, 0.1) is 0 Å². The predicted molar refractivity (Wildman–Crippen MR) is 109 cm³/mol. The summed E-state index contributed by atoms with van der Waals surface area (Å²) in [4.78, 5) is 35.9. The van der Waals surface area contributed by atoms with E-state index in [1.54, 1.807) is 30.5 Å². The normalized spacial score (nSPS) is 13.9. The molecule has 1 aliphatic rings. The fraction of sp³-hybridized carbons (Fsp3) is 0.238. The van der Waals surface area contributed by atoms with Crippen molar-refractivity contribution in [2.75, 3.05) is 33.3 Å². The average molecular weight is 407 g/mol. The van der Waals surface area contributed by atoms with Gasteiger partial charge in [-0.15, -0.1) is 0 Å². The van der Waals surface area contributed by atoms with Crippen molar-refractivity contribution in [3.8, 4) is 23.0 Å². The molecule has 1 saturated heterocycles. The second kappa shape index (κ2) is 8.24. The number of hydrogen-bond donors (Lipinski definition) is 1. The first kappa shape index (κ1) is 19.4. The number of piperazine rings is 1. The molecule has 0 aliphatic carbocycles. The molecule has 0 bridgehead atoms. The molecule has 1 aliphatic heterocycles. The van der Waals surface area contributed by atoms with Crippen molar-refractivity contribution in [3.05, 3.63) is 60.6 Å². The topological polar surface area (TPSA) is 101 Å². The molecule has 0 saturated carbocycles. The monoisotopic (exact) mass is 407 g/mol. The summed E-state index contributed by atoms with van der Waals surface area (Å²) in [5, 5.41) is 9.10. The van der Waals surface area contributed by atoms with Gasteiger partial charge < -0.3 is 19.6 Å². The third-order valence-corrected chi connectivity index (χ3v) is 5.00. The summed E-state index contributed by atoms with van der Waals surface area (Å²) in [6.45, 7) is 1.25. The summed E-state index contributed by atoms with van der Waals surface area (Å²) in [5.41, 5.74) is 1.91. The van der Waals surface area contributed by atoms with Crippen molar-refractivity contribution >= 4 is 12.0 Å². The van der Waals surface area contributed by atoms with Crippen molar-refractivity contribution in [3.63, 3.8) is 0 Å². The number of para-hydroxylation sites is 1. The number of amides is 2. The van der Waals surface area contributed by atoms with E-state index in [-0.39, 0.29) is 19.0 Å². The van der Waals surface area contributed by atoms with E-state index in [9.17, 15) is 9.59 Å². The predicted octanol–water partition coefficient (Wildman–Crippen LogP) is 2.38. The van der Waals surface area contributed by atoms with Gasteiger partial charge in [0.05, 0.1) is 7.11 Å². The summed E-state index contributed by atoms with van der Waals surface area (Å²) in [6.07, 6.45) is 2.39. The molecular formula is C21H21N5O4. The Labute approximate surface area is 173 Å². The van der Waals surface area contributed by atoms with Crippen molar-refractivity contribution in [2.45, 2.75) is 0 Å². The van der Waals surface area contributed by atoms with Gasteiger partial charge in [0.1, 0.15) is 11.5 Å². The fourth-order valence-electron chi connectivity index (χ4n) is 3.37. The minimum Gasteiger partial charge on any atom is -0.481 e. The molecular weight excluding hydrogens is 386 g/mol. The summed E-state index contributed by atoms with van der Waals surface area (Å²) < 4.78 is 6.97. The number of carbonyl (C=O) groups excluding carboxylic acids is 1. The van der Waals surface area contributed by atoms with E-state index in [0.717, 1.165) is 11.3 Å². The third kappa shape index (κ3) is 3.82. The number of benzene rings is 1. The first-order chi connectivity index (χ1) is 14.6. The van der Waals surface area contributed by atoms with Crippen LogP contribution >= 0.6 is 0 Å². The first-order valence-electron chi connectivity index (χ1n) is 9.49. The van der Waals surface area contributed by atoms with Crippen LogP contribution in [0.5, 0.6) is 5.88 Å². The largest absolute Gasteiger partial charge is 0.481 e. The number of pyridine rings is 1. The Morgan fingerprint density at radius 1 is 1.00 bits per heavy atom. The third-order valence-electron chi connectivity index (χ3n) is 5.00. The van der Waals surface area contributed by atoms with Gasteiger partial charge in [0, 0.05) is 55.9 Å². The molecule has 3 heterocycles. The van der Waals surface area contributed by atoms with Crippen LogP contribution in [-0.2, 0) is 0 Å². The standard InChI is InChI=1S/C21H21N5O4/c1-30-18-8-7-15(13-22-18)19-23-17(14-26(19)16-5-3-2-4-6-16)20(27)24-9-11-25(12-10-24)21(28)29/h2-8,13-14H,9-12H2,1H3,(H,28,29). The highest BCUT2D eigenvalue weighted by molar-refractivity contribution is 5.93. The quantitative estimate of drug-likeness (QED) is 0.713. The molecule has 1 aromatic carbocycles. The van der Waals surface area contributed by atoms with E-state index in [0.29, 0.717) is 30.5 Å². The maximum atomic E-state index is 13.1. The van der Waals surface area contributed by atoms with Crippen LogP contribution in [0.3, 0.4) is 0 Å². The Kier molecular flexibility index (Phi) is 5.34. The maximum absolute atomic E-state index is 13.1. The molecule has 0 spiro atoms. The van der Waals surface area contributed by atoms with E-state index in [1.807, 2.05) is 41.0 Å². The lowest BCUT2D eigenvalue weighted by Gasteiger charge is -2.32. The summed E-state index contributed by atoms with van der Waals surface area (Å²) >= 11 is 0. The molecule has 3 aromatic rings. The SMILES string of the molecule is COc1ccc(-c2nc(C(=O)N3CCN(C(=O)O)CC3)cn2-c2ccccc2)cn1. The summed E-state index contributed by atoms with van der Waals surface area (Å²) in [5.74, 6) is 0.852. The highest BCUT2D eigenvalue weighted by Gasteiger charge is 2.27. The second-order valence-electron chi connectivity index (χ2n) is 6.81. The molecule has 154 valence electrons. The van der Waals surface area contributed by atoms with Crippen LogP contribution < -0.4 is 4.74 Å². The number of carboxylic acid groups (broad SMARTS) is 1. The van der Waals surface area contributed by atoms with Crippen molar-refractivity contribution in [1.29, 1.82) is 0 Å². The van der Waals surface area contributed by atoms with Gasteiger partial charge in [-0.3, -0.25) is 9.36 Å². The second-order valence-corrected chi connectivity index (χ2v) is 6.81. The smallest absolute Gasteiger partial charge is 0.407 e. The number of aromatic nitrogens is 3. The van der Waals surface area contributed by atoms with E-state index >= 15 is 0 Å². The summed E-state index contributed by atoms with van der Waals surface area (Å²) in [6, 6.07) is 13.2. The van der Waals surface area contributed by atoms with Gasteiger partial charge in [0.2, 0.25) is 5.88 Å². The van der Waals surface area contributed by atoms with Crippen molar-refractivity contribution < 1.29 is 19.4 Å². The average Bonchev–Trinajstić information content (AvgIpc) is 3.25. The number of imidazole rings is 1. The lowest BCUT2D eigenvalue weighted by atomic mass is 10.2. The Bertz CT molecular complexity index is 1040. The number of hydrogen-bond acceptors (Lipinski definition) is 5. The number of nitrogens with zero attached hydrogens (tertiary/aromatic N) is 5. The molecule has 1 fully saturated rings. The maximum Gasteiger partial charge on any atom is 0.407 e. The molecule has 0 atom stereocenters. The Hall–Kier alpha value is -3.88. The Balaban J connectivity index is 1.67. The Morgan fingerprint density at radius 2 is 1.70 bits per heavy atom.